The third-order valence-electron chi connectivity index (χ3n) is 4.25. The number of amides is 2. The van der Waals surface area contributed by atoms with Crippen LogP contribution in [0.25, 0.3) is 0 Å². The fourth-order valence-corrected chi connectivity index (χ4v) is 2.55. The molecule has 0 saturated carbocycles. The van der Waals surface area contributed by atoms with Gasteiger partial charge in [-0.3, -0.25) is 9.59 Å². The van der Waals surface area contributed by atoms with Gasteiger partial charge in [-0.05, 0) is 23.0 Å². The number of carbonyl (C=O) groups is 2. The van der Waals surface area contributed by atoms with Crippen LogP contribution in [0.3, 0.4) is 0 Å². The van der Waals surface area contributed by atoms with Gasteiger partial charge in [-0.2, -0.15) is 0 Å². The highest BCUT2D eigenvalue weighted by Gasteiger charge is 2.27. The van der Waals surface area contributed by atoms with E-state index in [0.717, 1.165) is 24.1 Å². The van der Waals surface area contributed by atoms with Crippen molar-refractivity contribution in [3.63, 3.8) is 0 Å². The molecule has 5 heteroatoms. The van der Waals surface area contributed by atoms with E-state index in [-0.39, 0.29) is 17.2 Å². The molecule has 1 aliphatic rings. The number of rotatable bonds is 5. The van der Waals surface area contributed by atoms with E-state index in [4.69, 9.17) is 5.73 Å². The first-order chi connectivity index (χ1) is 10.8. The van der Waals surface area contributed by atoms with Gasteiger partial charge in [0.25, 0.3) is 0 Å². The molecule has 1 aliphatic heterocycles. The predicted molar refractivity (Wildman–Crippen MR) is 90.4 cm³/mol. The van der Waals surface area contributed by atoms with Gasteiger partial charge in [-0.25, -0.2) is 0 Å². The third kappa shape index (κ3) is 4.79. The first kappa shape index (κ1) is 17.5. The Morgan fingerprint density at radius 2 is 1.87 bits per heavy atom. The molecule has 1 saturated heterocycles. The number of nitrogens with two attached hydrogens (primary N) is 1. The number of nitrogens with one attached hydrogen (secondary N) is 1. The van der Waals surface area contributed by atoms with Crippen LogP contribution in [0.4, 0.5) is 0 Å². The molecule has 1 aromatic carbocycles. The van der Waals surface area contributed by atoms with Crippen LogP contribution in [0.2, 0.25) is 0 Å². The van der Waals surface area contributed by atoms with Crippen molar-refractivity contribution in [1.29, 1.82) is 0 Å². The molecule has 0 unspecified atom stereocenters. The van der Waals surface area contributed by atoms with Crippen molar-refractivity contribution in [3.8, 4) is 0 Å². The maximum absolute atomic E-state index is 12.0. The van der Waals surface area contributed by atoms with Crippen molar-refractivity contribution in [2.24, 2.45) is 11.1 Å². The molecular formula is C18H27N3O2. The highest BCUT2D eigenvalue weighted by molar-refractivity contribution is 5.82. The standard InChI is InChI=1S/C18H27N3O2/c1-18(2,3)16(19)17(23)20-11-13-6-8-14(9-7-13)12-21-10-4-5-15(21)22/h6-9,16H,4-5,10-12,19H2,1-3H3,(H,20,23)/t16-/m1/s1. The van der Waals surface area contributed by atoms with Crippen LogP contribution in [0, 0.1) is 5.41 Å². The highest BCUT2D eigenvalue weighted by Crippen LogP contribution is 2.17. The molecule has 5 nitrogen and oxygen atoms in total. The highest BCUT2D eigenvalue weighted by atomic mass is 16.2. The Labute approximate surface area is 138 Å². The quantitative estimate of drug-likeness (QED) is 0.869. The topological polar surface area (TPSA) is 75.4 Å². The van der Waals surface area contributed by atoms with Crippen molar-refractivity contribution in [2.75, 3.05) is 6.54 Å². The first-order valence-electron chi connectivity index (χ1n) is 8.16. The number of hydrogen-bond donors (Lipinski definition) is 2. The van der Waals surface area contributed by atoms with Gasteiger partial charge in [0.2, 0.25) is 11.8 Å². The Morgan fingerprint density at radius 3 is 2.39 bits per heavy atom. The summed E-state index contributed by atoms with van der Waals surface area (Å²) in [5.74, 6) is 0.0988. The van der Waals surface area contributed by atoms with E-state index in [1.54, 1.807) is 0 Å². The Kier molecular flexibility index (Phi) is 5.42. The molecule has 3 N–H and O–H groups in total. The summed E-state index contributed by atoms with van der Waals surface area (Å²) in [6, 6.07) is 7.47. The van der Waals surface area contributed by atoms with Gasteiger partial charge in [-0.1, -0.05) is 45.0 Å². The fourth-order valence-electron chi connectivity index (χ4n) is 2.55. The Morgan fingerprint density at radius 1 is 1.26 bits per heavy atom. The second kappa shape index (κ2) is 7.13. The molecule has 0 bridgehead atoms. The normalized spacial score (nSPS) is 16.5. The third-order valence-corrected chi connectivity index (χ3v) is 4.25. The molecule has 1 aromatic rings. The average molecular weight is 317 g/mol. The Bertz CT molecular complexity index is 561. The van der Waals surface area contributed by atoms with Crippen molar-refractivity contribution < 1.29 is 9.59 Å². The van der Waals surface area contributed by atoms with Crippen molar-refractivity contribution in [3.05, 3.63) is 35.4 Å². The second-order valence-corrected chi connectivity index (χ2v) is 7.30. The molecule has 0 radical (unpaired) electrons. The van der Waals surface area contributed by atoms with E-state index >= 15 is 0 Å². The predicted octanol–water partition coefficient (Wildman–Crippen LogP) is 1.80. The minimum atomic E-state index is -0.525. The number of hydrogen-bond acceptors (Lipinski definition) is 3. The average Bonchev–Trinajstić information content (AvgIpc) is 2.89. The number of carbonyl (C=O) groups excluding carboxylic acids is 2. The molecule has 0 spiro atoms. The van der Waals surface area contributed by atoms with Crippen LogP contribution in [0.15, 0.2) is 24.3 Å². The molecule has 1 atom stereocenters. The molecular weight excluding hydrogens is 290 g/mol. The van der Waals surface area contributed by atoms with Gasteiger partial charge in [0.1, 0.15) is 0 Å². The Balaban J connectivity index is 1.85. The summed E-state index contributed by atoms with van der Waals surface area (Å²) < 4.78 is 0. The lowest BCUT2D eigenvalue weighted by Crippen LogP contribution is -2.48. The van der Waals surface area contributed by atoms with Crippen LogP contribution < -0.4 is 11.1 Å². The van der Waals surface area contributed by atoms with Crippen molar-refractivity contribution in [1.82, 2.24) is 10.2 Å². The maximum Gasteiger partial charge on any atom is 0.237 e. The molecule has 2 rings (SSSR count). The monoisotopic (exact) mass is 317 g/mol. The second-order valence-electron chi connectivity index (χ2n) is 7.30. The van der Waals surface area contributed by atoms with E-state index < -0.39 is 6.04 Å². The van der Waals surface area contributed by atoms with Crippen LogP contribution in [-0.4, -0.2) is 29.3 Å². The van der Waals surface area contributed by atoms with Gasteiger partial charge in [0.15, 0.2) is 0 Å². The van der Waals surface area contributed by atoms with Gasteiger partial charge in [0, 0.05) is 26.1 Å². The zero-order valence-corrected chi connectivity index (χ0v) is 14.3. The molecule has 126 valence electrons. The van der Waals surface area contributed by atoms with E-state index in [1.807, 2.05) is 49.9 Å². The van der Waals surface area contributed by atoms with E-state index in [2.05, 4.69) is 5.32 Å². The molecule has 0 aliphatic carbocycles. The number of likely N-dealkylation sites (tertiary alicyclic amines) is 1. The lowest BCUT2D eigenvalue weighted by Gasteiger charge is -2.25. The van der Waals surface area contributed by atoms with Crippen molar-refractivity contribution in [2.45, 2.75) is 52.7 Å². The van der Waals surface area contributed by atoms with Crippen molar-refractivity contribution >= 4 is 11.8 Å². The molecule has 0 aromatic heterocycles. The van der Waals surface area contributed by atoms with Gasteiger partial charge >= 0.3 is 0 Å². The summed E-state index contributed by atoms with van der Waals surface area (Å²) in [5, 5.41) is 2.88. The van der Waals surface area contributed by atoms with Gasteiger partial charge < -0.3 is 16.0 Å². The first-order valence-corrected chi connectivity index (χ1v) is 8.16. The lowest BCUT2D eigenvalue weighted by molar-refractivity contribution is -0.128. The molecule has 2 amide bonds. The fraction of sp³-hybridized carbons (Fsp3) is 0.556. The minimum absolute atomic E-state index is 0.135. The van der Waals surface area contributed by atoms with E-state index in [1.165, 1.54) is 0 Å². The summed E-state index contributed by atoms with van der Waals surface area (Å²) in [4.78, 5) is 25.5. The molecule has 1 fully saturated rings. The summed E-state index contributed by atoms with van der Waals surface area (Å²) in [7, 11) is 0. The Hall–Kier alpha value is -1.88. The largest absolute Gasteiger partial charge is 0.351 e. The smallest absolute Gasteiger partial charge is 0.237 e. The summed E-state index contributed by atoms with van der Waals surface area (Å²) in [5.41, 5.74) is 7.82. The zero-order chi connectivity index (χ0) is 17.0. The van der Waals surface area contributed by atoms with Crippen LogP contribution in [0.1, 0.15) is 44.7 Å². The molecule has 23 heavy (non-hydrogen) atoms. The zero-order valence-electron chi connectivity index (χ0n) is 14.3. The van der Waals surface area contributed by atoms with Crippen LogP contribution >= 0.6 is 0 Å². The van der Waals surface area contributed by atoms with Gasteiger partial charge in [0.05, 0.1) is 6.04 Å². The van der Waals surface area contributed by atoms with Crippen LogP contribution in [-0.2, 0) is 22.7 Å². The summed E-state index contributed by atoms with van der Waals surface area (Å²) >= 11 is 0. The summed E-state index contributed by atoms with van der Waals surface area (Å²) in [6.45, 7) is 7.83. The minimum Gasteiger partial charge on any atom is -0.351 e. The number of benzene rings is 1. The van der Waals surface area contributed by atoms with E-state index in [0.29, 0.717) is 19.5 Å². The van der Waals surface area contributed by atoms with E-state index in [9.17, 15) is 9.59 Å². The SMILES string of the molecule is CC(C)(C)[C@H](N)C(=O)NCc1ccc(CN2CCCC2=O)cc1. The van der Waals surface area contributed by atoms with Crippen LogP contribution in [0.5, 0.6) is 0 Å². The summed E-state index contributed by atoms with van der Waals surface area (Å²) in [6.07, 6.45) is 1.62. The number of nitrogens with zero attached hydrogens (tertiary/aromatic N) is 1. The maximum atomic E-state index is 12.0. The van der Waals surface area contributed by atoms with Gasteiger partial charge in [-0.15, -0.1) is 0 Å². The lowest BCUT2D eigenvalue weighted by atomic mass is 9.87. The molecule has 1 heterocycles.